The average Bonchev–Trinajstić information content (AvgIpc) is 3.47. The fourth-order valence-electron chi connectivity index (χ4n) is 3.47. The Morgan fingerprint density at radius 1 is 1.21 bits per heavy atom. The largest absolute Gasteiger partial charge is 0.363 e. The molecule has 8 heteroatoms. The molecule has 0 amide bonds. The third-order valence-electron chi connectivity index (χ3n) is 5.04. The van der Waals surface area contributed by atoms with E-state index >= 15 is 0 Å². The SMILES string of the molecule is CCNC(=NCc1ccc(-n2cncn2)cc1)NC1CCN(c2cccs2)CC1. The number of thiophene rings is 1. The topological polar surface area (TPSA) is 70.4 Å². The highest BCUT2D eigenvalue weighted by Gasteiger charge is 2.20. The van der Waals surface area contributed by atoms with E-state index in [-0.39, 0.29) is 0 Å². The molecule has 152 valence electrons. The second-order valence-corrected chi connectivity index (χ2v) is 7.98. The molecular weight excluding hydrogens is 382 g/mol. The molecule has 0 unspecified atom stereocenters. The van der Waals surface area contributed by atoms with Crippen LogP contribution in [0, 0.1) is 0 Å². The van der Waals surface area contributed by atoms with Crippen molar-refractivity contribution in [3.05, 3.63) is 60.0 Å². The molecule has 0 saturated carbocycles. The zero-order valence-electron chi connectivity index (χ0n) is 16.7. The molecule has 0 spiro atoms. The van der Waals surface area contributed by atoms with Gasteiger partial charge >= 0.3 is 0 Å². The van der Waals surface area contributed by atoms with E-state index in [9.17, 15) is 0 Å². The second kappa shape index (κ2) is 9.56. The zero-order valence-corrected chi connectivity index (χ0v) is 17.5. The Hall–Kier alpha value is -2.87. The summed E-state index contributed by atoms with van der Waals surface area (Å²) >= 11 is 1.82. The summed E-state index contributed by atoms with van der Waals surface area (Å²) in [4.78, 5) is 11.2. The first-order valence-electron chi connectivity index (χ1n) is 10.1. The first-order chi connectivity index (χ1) is 14.3. The molecule has 3 heterocycles. The molecule has 2 aromatic heterocycles. The highest BCUT2D eigenvalue weighted by Crippen LogP contribution is 2.24. The number of hydrogen-bond donors (Lipinski definition) is 2. The maximum absolute atomic E-state index is 4.79. The normalized spacial score (nSPS) is 15.5. The van der Waals surface area contributed by atoms with Crippen LogP contribution >= 0.6 is 11.3 Å². The van der Waals surface area contributed by atoms with Gasteiger partial charge in [-0.2, -0.15) is 5.10 Å². The minimum absolute atomic E-state index is 0.457. The van der Waals surface area contributed by atoms with E-state index in [0.717, 1.165) is 44.1 Å². The van der Waals surface area contributed by atoms with Gasteiger partial charge in [-0.25, -0.2) is 14.7 Å². The first-order valence-corrected chi connectivity index (χ1v) is 11.0. The van der Waals surface area contributed by atoms with Crippen LogP contribution in [-0.4, -0.2) is 46.4 Å². The number of anilines is 1. The van der Waals surface area contributed by atoms with Gasteiger partial charge in [0.05, 0.1) is 17.2 Å². The van der Waals surface area contributed by atoms with Gasteiger partial charge in [-0.15, -0.1) is 11.3 Å². The van der Waals surface area contributed by atoms with Gasteiger partial charge in [0, 0.05) is 25.7 Å². The summed E-state index contributed by atoms with van der Waals surface area (Å²) in [6.07, 6.45) is 5.48. The van der Waals surface area contributed by atoms with Crippen LogP contribution in [0.4, 0.5) is 5.00 Å². The standard InChI is InChI=1S/C21H27N7S/c1-2-23-21(26-18-9-11-27(12-10-18)20-4-3-13-29-20)24-14-17-5-7-19(8-6-17)28-16-22-15-25-28/h3-8,13,15-16,18H,2,9-12,14H2,1H3,(H2,23,24,26). The summed E-state index contributed by atoms with van der Waals surface area (Å²) in [7, 11) is 0. The van der Waals surface area contributed by atoms with Crippen molar-refractivity contribution in [3.8, 4) is 5.69 Å². The highest BCUT2D eigenvalue weighted by molar-refractivity contribution is 7.14. The smallest absolute Gasteiger partial charge is 0.191 e. The highest BCUT2D eigenvalue weighted by atomic mass is 32.1. The van der Waals surface area contributed by atoms with Gasteiger partial charge in [0.2, 0.25) is 0 Å². The summed E-state index contributed by atoms with van der Waals surface area (Å²) in [5.74, 6) is 0.891. The number of nitrogens with zero attached hydrogens (tertiary/aromatic N) is 5. The molecule has 1 fully saturated rings. The lowest BCUT2D eigenvalue weighted by atomic mass is 10.1. The summed E-state index contributed by atoms with van der Waals surface area (Å²) < 4.78 is 1.75. The Morgan fingerprint density at radius 3 is 2.69 bits per heavy atom. The lowest BCUT2D eigenvalue weighted by Gasteiger charge is -2.33. The molecule has 0 radical (unpaired) electrons. The molecule has 0 bridgehead atoms. The molecule has 29 heavy (non-hydrogen) atoms. The summed E-state index contributed by atoms with van der Waals surface area (Å²) in [5.41, 5.74) is 2.16. The van der Waals surface area contributed by atoms with Crippen molar-refractivity contribution < 1.29 is 0 Å². The van der Waals surface area contributed by atoms with Crippen molar-refractivity contribution in [2.75, 3.05) is 24.5 Å². The molecule has 1 saturated heterocycles. The number of piperidine rings is 1. The molecule has 1 aliphatic rings. The first kappa shape index (κ1) is 19.4. The van der Waals surface area contributed by atoms with Crippen molar-refractivity contribution in [2.24, 2.45) is 4.99 Å². The van der Waals surface area contributed by atoms with E-state index in [1.165, 1.54) is 16.9 Å². The predicted molar refractivity (Wildman–Crippen MR) is 119 cm³/mol. The van der Waals surface area contributed by atoms with Crippen LogP contribution in [0.1, 0.15) is 25.3 Å². The number of aromatic nitrogens is 3. The lowest BCUT2D eigenvalue weighted by Crippen LogP contribution is -2.48. The van der Waals surface area contributed by atoms with Crippen LogP contribution in [0.25, 0.3) is 5.69 Å². The predicted octanol–water partition coefficient (Wildman–Crippen LogP) is 3.05. The van der Waals surface area contributed by atoms with Gasteiger partial charge in [-0.3, -0.25) is 0 Å². The molecule has 0 aliphatic carbocycles. The molecule has 7 nitrogen and oxygen atoms in total. The number of benzene rings is 1. The average molecular weight is 410 g/mol. The minimum Gasteiger partial charge on any atom is -0.363 e. The van der Waals surface area contributed by atoms with E-state index in [0.29, 0.717) is 12.6 Å². The molecule has 2 N–H and O–H groups in total. The molecule has 1 aromatic carbocycles. The Morgan fingerprint density at radius 2 is 2.03 bits per heavy atom. The van der Waals surface area contributed by atoms with Gasteiger partial charge in [-0.1, -0.05) is 12.1 Å². The quantitative estimate of drug-likeness (QED) is 0.484. The number of nitrogens with one attached hydrogen (secondary N) is 2. The van der Waals surface area contributed by atoms with Crippen molar-refractivity contribution in [1.29, 1.82) is 0 Å². The molecule has 4 rings (SSSR count). The van der Waals surface area contributed by atoms with Gasteiger partial charge in [-0.05, 0) is 55.0 Å². The minimum atomic E-state index is 0.457. The third-order valence-corrected chi connectivity index (χ3v) is 5.97. The van der Waals surface area contributed by atoms with Gasteiger partial charge in [0.1, 0.15) is 12.7 Å². The van der Waals surface area contributed by atoms with Crippen molar-refractivity contribution in [3.63, 3.8) is 0 Å². The number of rotatable bonds is 6. The van der Waals surface area contributed by atoms with Crippen LogP contribution in [0.15, 0.2) is 59.4 Å². The number of hydrogen-bond acceptors (Lipinski definition) is 5. The summed E-state index contributed by atoms with van der Waals surface area (Å²) in [5, 5.41) is 14.7. The Labute approximate surface area is 175 Å². The number of aliphatic imine (C=N–C) groups is 1. The van der Waals surface area contributed by atoms with E-state index in [2.05, 4.69) is 62.2 Å². The van der Waals surface area contributed by atoms with Crippen LogP contribution in [-0.2, 0) is 6.54 Å². The maximum Gasteiger partial charge on any atom is 0.191 e. The fraction of sp³-hybridized carbons (Fsp3) is 0.381. The zero-order chi connectivity index (χ0) is 19.9. The molecule has 3 aromatic rings. The van der Waals surface area contributed by atoms with E-state index < -0.39 is 0 Å². The fourth-order valence-corrected chi connectivity index (χ4v) is 4.26. The number of guanidine groups is 1. The monoisotopic (exact) mass is 409 g/mol. The summed E-state index contributed by atoms with van der Waals surface area (Å²) in [6, 6.07) is 13.0. The Bertz CT molecular complexity index is 880. The van der Waals surface area contributed by atoms with Gasteiger partial charge < -0.3 is 15.5 Å². The molecule has 1 aliphatic heterocycles. The third kappa shape index (κ3) is 5.14. The Balaban J connectivity index is 1.32. The van der Waals surface area contributed by atoms with E-state index in [4.69, 9.17) is 4.99 Å². The Kier molecular flexibility index (Phi) is 6.41. The van der Waals surface area contributed by atoms with Crippen molar-refractivity contribution in [1.82, 2.24) is 25.4 Å². The lowest BCUT2D eigenvalue weighted by molar-refractivity contribution is 0.463. The maximum atomic E-state index is 4.79. The van der Waals surface area contributed by atoms with Crippen molar-refractivity contribution in [2.45, 2.75) is 32.4 Å². The van der Waals surface area contributed by atoms with Crippen LogP contribution in [0.3, 0.4) is 0 Å². The second-order valence-electron chi connectivity index (χ2n) is 7.06. The summed E-state index contributed by atoms with van der Waals surface area (Å²) in [6.45, 7) is 5.76. The van der Waals surface area contributed by atoms with Crippen LogP contribution in [0.5, 0.6) is 0 Å². The van der Waals surface area contributed by atoms with Crippen molar-refractivity contribution >= 4 is 22.3 Å². The molecular formula is C21H27N7S. The molecule has 0 atom stereocenters. The van der Waals surface area contributed by atoms with Crippen LogP contribution < -0.4 is 15.5 Å². The van der Waals surface area contributed by atoms with Crippen LogP contribution in [0.2, 0.25) is 0 Å². The van der Waals surface area contributed by atoms with Gasteiger partial charge in [0.25, 0.3) is 0 Å². The van der Waals surface area contributed by atoms with E-state index in [1.807, 2.05) is 23.5 Å². The van der Waals surface area contributed by atoms with E-state index in [1.54, 1.807) is 11.0 Å². The van der Waals surface area contributed by atoms with Gasteiger partial charge in [0.15, 0.2) is 5.96 Å².